The summed E-state index contributed by atoms with van der Waals surface area (Å²) < 4.78 is 18.8. The number of carbonyl (C=O) groups excluding carboxylic acids is 1. The molecule has 3 fully saturated rings. The summed E-state index contributed by atoms with van der Waals surface area (Å²) >= 11 is 0. The molecule has 3 aliphatic heterocycles. The van der Waals surface area contributed by atoms with E-state index >= 15 is 0 Å². The van der Waals surface area contributed by atoms with Crippen molar-refractivity contribution >= 4 is 5.91 Å². The Morgan fingerprint density at radius 2 is 2.17 bits per heavy atom. The fourth-order valence-corrected chi connectivity index (χ4v) is 4.48. The highest BCUT2D eigenvalue weighted by molar-refractivity contribution is 5.85. The molecule has 3 heterocycles. The van der Waals surface area contributed by atoms with Crippen LogP contribution in [0.5, 0.6) is 0 Å². The van der Waals surface area contributed by atoms with E-state index in [0.29, 0.717) is 12.5 Å². The molecule has 24 heavy (non-hydrogen) atoms. The summed E-state index contributed by atoms with van der Waals surface area (Å²) in [4.78, 5) is 17.3. The van der Waals surface area contributed by atoms with Crippen molar-refractivity contribution in [3.8, 4) is 0 Å². The van der Waals surface area contributed by atoms with Crippen molar-refractivity contribution in [3.63, 3.8) is 0 Å². The van der Waals surface area contributed by atoms with Gasteiger partial charge in [-0.3, -0.25) is 4.79 Å². The van der Waals surface area contributed by atoms with Gasteiger partial charge in [0.15, 0.2) is 0 Å². The summed E-state index contributed by atoms with van der Waals surface area (Å²) in [5.41, 5.74) is 0.672. The van der Waals surface area contributed by atoms with Gasteiger partial charge in [0.2, 0.25) is 5.91 Å². The van der Waals surface area contributed by atoms with Gasteiger partial charge in [-0.2, -0.15) is 0 Å². The van der Waals surface area contributed by atoms with E-state index in [9.17, 15) is 9.18 Å². The predicted octanol–water partition coefficient (Wildman–Crippen LogP) is 2.29. The summed E-state index contributed by atoms with van der Waals surface area (Å²) in [6, 6.07) is 6.57. The molecule has 1 amide bonds. The Morgan fingerprint density at radius 1 is 1.29 bits per heavy atom. The third kappa shape index (κ3) is 3.07. The molecule has 5 heteroatoms. The molecule has 3 saturated heterocycles. The molecular formula is C19H25FN2O2. The number of hydrogen-bond acceptors (Lipinski definition) is 3. The first kappa shape index (κ1) is 16.0. The van der Waals surface area contributed by atoms with Crippen LogP contribution in [0.4, 0.5) is 4.39 Å². The summed E-state index contributed by atoms with van der Waals surface area (Å²) in [5.74, 6) is 0.650. The molecule has 0 aliphatic carbocycles. The lowest BCUT2D eigenvalue weighted by Gasteiger charge is -2.25. The molecule has 2 atom stereocenters. The zero-order chi connectivity index (χ0) is 16.6. The molecule has 1 spiro atoms. The van der Waals surface area contributed by atoms with Crippen LogP contribution in [-0.2, 0) is 16.1 Å². The molecule has 4 nitrogen and oxygen atoms in total. The maximum atomic E-state index is 13.4. The molecule has 0 bridgehead atoms. The number of rotatable bonds is 4. The average molecular weight is 332 g/mol. The minimum atomic E-state index is -0.236. The Kier molecular flexibility index (Phi) is 4.31. The SMILES string of the molecule is O=C1N(Cc2cccc(F)c2)CCC12CCN(CC1CCOC1)C2. The van der Waals surface area contributed by atoms with Crippen LogP contribution in [0, 0.1) is 17.2 Å². The van der Waals surface area contributed by atoms with Gasteiger partial charge in [-0.15, -0.1) is 0 Å². The van der Waals surface area contributed by atoms with Gasteiger partial charge in [-0.05, 0) is 49.4 Å². The van der Waals surface area contributed by atoms with Gasteiger partial charge in [0, 0.05) is 32.8 Å². The van der Waals surface area contributed by atoms with E-state index in [1.807, 2.05) is 11.0 Å². The standard InChI is InChI=1S/C19H25FN2O2/c20-17-3-1-2-15(10-17)12-22-8-6-19(18(22)23)5-7-21(14-19)11-16-4-9-24-13-16/h1-3,10,16H,4-9,11-14H2. The quantitative estimate of drug-likeness (QED) is 0.848. The summed E-state index contributed by atoms with van der Waals surface area (Å²) in [5, 5.41) is 0. The van der Waals surface area contributed by atoms with Crippen LogP contribution in [0.15, 0.2) is 24.3 Å². The minimum Gasteiger partial charge on any atom is -0.381 e. The molecule has 1 aromatic carbocycles. The molecule has 0 radical (unpaired) electrons. The lowest BCUT2D eigenvalue weighted by Crippen LogP contribution is -2.37. The van der Waals surface area contributed by atoms with Gasteiger partial charge in [-0.25, -0.2) is 4.39 Å². The number of amides is 1. The van der Waals surface area contributed by atoms with Crippen molar-refractivity contribution in [3.05, 3.63) is 35.6 Å². The first-order chi connectivity index (χ1) is 11.6. The normalized spacial score (nSPS) is 30.8. The van der Waals surface area contributed by atoms with Gasteiger partial charge >= 0.3 is 0 Å². The Balaban J connectivity index is 1.38. The van der Waals surface area contributed by atoms with Crippen LogP contribution in [0.1, 0.15) is 24.8 Å². The van der Waals surface area contributed by atoms with E-state index < -0.39 is 0 Å². The van der Waals surface area contributed by atoms with Crippen LogP contribution in [0.3, 0.4) is 0 Å². The van der Waals surface area contributed by atoms with Gasteiger partial charge in [0.25, 0.3) is 0 Å². The largest absolute Gasteiger partial charge is 0.381 e. The van der Waals surface area contributed by atoms with Crippen LogP contribution in [0.2, 0.25) is 0 Å². The highest BCUT2D eigenvalue weighted by atomic mass is 19.1. The first-order valence-corrected chi connectivity index (χ1v) is 8.99. The minimum absolute atomic E-state index is 0.202. The van der Waals surface area contributed by atoms with Crippen molar-refractivity contribution < 1.29 is 13.9 Å². The van der Waals surface area contributed by atoms with E-state index in [1.54, 1.807) is 6.07 Å². The molecule has 4 rings (SSSR count). The Bertz CT molecular complexity index is 617. The van der Waals surface area contributed by atoms with Crippen LogP contribution >= 0.6 is 0 Å². The second-order valence-electron chi connectivity index (χ2n) is 7.60. The second-order valence-corrected chi connectivity index (χ2v) is 7.60. The Morgan fingerprint density at radius 3 is 2.96 bits per heavy atom. The fourth-order valence-electron chi connectivity index (χ4n) is 4.48. The van der Waals surface area contributed by atoms with Crippen molar-refractivity contribution in [2.24, 2.45) is 11.3 Å². The molecule has 3 aliphatic rings. The Hall–Kier alpha value is -1.46. The first-order valence-electron chi connectivity index (χ1n) is 8.99. The van der Waals surface area contributed by atoms with Gasteiger partial charge in [-0.1, -0.05) is 12.1 Å². The maximum Gasteiger partial charge on any atom is 0.230 e. The van der Waals surface area contributed by atoms with Crippen LogP contribution in [-0.4, -0.2) is 55.1 Å². The highest BCUT2D eigenvalue weighted by Crippen LogP contribution is 2.41. The van der Waals surface area contributed by atoms with E-state index in [0.717, 1.165) is 64.2 Å². The molecule has 0 saturated carbocycles. The molecule has 130 valence electrons. The zero-order valence-corrected chi connectivity index (χ0v) is 14.0. The Labute approximate surface area is 142 Å². The van der Waals surface area contributed by atoms with Crippen molar-refractivity contribution in [2.45, 2.75) is 25.8 Å². The van der Waals surface area contributed by atoms with E-state index in [1.165, 1.54) is 12.1 Å². The monoisotopic (exact) mass is 332 g/mol. The average Bonchev–Trinajstić information content (AvgIpc) is 3.27. The lowest BCUT2D eigenvalue weighted by atomic mass is 9.85. The maximum absolute atomic E-state index is 13.4. The van der Waals surface area contributed by atoms with E-state index in [2.05, 4.69) is 4.90 Å². The number of likely N-dealkylation sites (tertiary alicyclic amines) is 2. The summed E-state index contributed by atoms with van der Waals surface area (Å²) in [6.45, 7) is 5.99. The van der Waals surface area contributed by atoms with Gasteiger partial charge in [0.1, 0.15) is 5.82 Å². The number of carbonyl (C=O) groups is 1. The fraction of sp³-hybridized carbons (Fsp3) is 0.632. The van der Waals surface area contributed by atoms with E-state index in [-0.39, 0.29) is 17.1 Å². The van der Waals surface area contributed by atoms with Gasteiger partial charge < -0.3 is 14.5 Å². The number of ether oxygens (including phenoxy) is 1. The van der Waals surface area contributed by atoms with Crippen molar-refractivity contribution in [2.75, 3.05) is 39.4 Å². The highest BCUT2D eigenvalue weighted by Gasteiger charge is 2.50. The summed E-state index contributed by atoms with van der Waals surface area (Å²) in [7, 11) is 0. The van der Waals surface area contributed by atoms with E-state index in [4.69, 9.17) is 4.74 Å². The summed E-state index contributed by atoms with van der Waals surface area (Å²) in [6.07, 6.45) is 3.03. The molecule has 2 unspecified atom stereocenters. The molecule has 1 aromatic rings. The third-order valence-corrected chi connectivity index (χ3v) is 5.84. The zero-order valence-electron chi connectivity index (χ0n) is 14.0. The van der Waals surface area contributed by atoms with Crippen molar-refractivity contribution in [1.29, 1.82) is 0 Å². The van der Waals surface area contributed by atoms with Gasteiger partial charge in [0.05, 0.1) is 12.0 Å². The number of halogens is 1. The number of benzene rings is 1. The number of hydrogen-bond donors (Lipinski definition) is 0. The molecular weight excluding hydrogens is 307 g/mol. The van der Waals surface area contributed by atoms with Crippen molar-refractivity contribution in [1.82, 2.24) is 9.80 Å². The lowest BCUT2D eigenvalue weighted by molar-refractivity contribution is -0.136. The topological polar surface area (TPSA) is 32.8 Å². The predicted molar refractivity (Wildman–Crippen MR) is 88.9 cm³/mol. The van der Waals surface area contributed by atoms with Crippen LogP contribution in [0.25, 0.3) is 0 Å². The second kappa shape index (κ2) is 6.45. The molecule has 0 N–H and O–H groups in total. The smallest absolute Gasteiger partial charge is 0.230 e. The van der Waals surface area contributed by atoms with Crippen LogP contribution < -0.4 is 0 Å². The third-order valence-electron chi connectivity index (χ3n) is 5.84. The number of nitrogens with zero attached hydrogens (tertiary/aromatic N) is 2. The molecule has 0 aromatic heterocycles.